The van der Waals surface area contributed by atoms with Crippen LogP contribution in [0, 0.1) is 23.2 Å². The van der Waals surface area contributed by atoms with Crippen LogP contribution in [0.4, 0.5) is 5.69 Å². The van der Waals surface area contributed by atoms with Gasteiger partial charge in [0.1, 0.15) is 0 Å². The highest BCUT2D eigenvalue weighted by atomic mass is 32.2. The van der Waals surface area contributed by atoms with Gasteiger partial charge in [0, 0.05) is 12.8 Å². The zero-order chi connectivity index (χ0) is 23.7. The van der Waals surface area contributed by atoms with E-state index < -0.39 is 5.41 Å². The van der Waals surface area contributed by atoms with Gasteiger partial charge in [-0.05, 0) is 77.9 Å². The summed E-state index contributed by atoms with van der Waals surface area (Å²) in [7, 11) is 0. The summed E-state index contributed by atoms with van der Waals surface area (Å²) in [4.78, 5) is 2.51. The molecule has 2 aromatic carbocycles. The second-order valence-electron chi connectivity index (χ2n) is 9.44. The van der Waals surface area contributed by atoms with Crippen molar-refractivity contribution in [2.45, 2.75) is 57.9 Å². The fourth-order valence-corrected chi connectivity index (χ4v) is 5.20. The lowest BCUT2D eigenvalue weighted by Gasteiger charge is -2.34. The van der Waals surface area contributed by atoms with E-state index in [1.807, 2.05) is 36.6 Å². The second kappa shape index (κ2) is 12.4. The first kappa shape index (κ1) is 25.6. The molecule has 1 fully saturated rings. The largest absolute Gasteiger partial charge is 0.299 e. The van der Waals surface area contributed by atoms with Crippen molar-refractivity contribution in [3.8, 4) is 6.07 Å². The van der Waals surface area contributed by atoms with Crippen LogP contribution in [0.25, 0.3) is 0 Å². The zero-order valence-corrected chi connectivity index (χ0v) is 21.0. The topological polar surface area (TPSA) is 62.5 Å². The van der Waals surface area contributed by atoms with Crippen molar-refractivity contribution in [1.29, 1.82) is 5.26 Å². The average Bonchev–Trinajstić information content (AvgIpc) is 2.84. The van der Waals surface area contributed by atoms with Crippen LogP contribution >= 0.6 is 11.9 Å². The molecule has 0 radical (unpaired) electrons. The molecule has 0 spiro atoms. The first-order valence-electron chi connectivity index (χ1n) is 12.0. The van der Waals surface area contributed by atoms with Crippen LogP contribution in [0.5, 0.6) is 0 Å². The maximum absolute atomic E-state index is 10.1. The maximum atomic E-state index is 10.1. The number of anilines is 1. The third kappa shape index (κ3) is 6.74. The van der Waals surface area contributed by atoms with Crippen LogP contribution in [0.3, 0.4) is 0 Å². The number of nitrogens with one attached hydrogen (secondary N) is 1. The summed E-state index contributed by atoms with van der Waals surface area (Å²) in [5.41, 5.74) is 5.93. The Labute approximate surface area is 203 Å². The van der Waals surface area contributed by atoms with Gasteiger partial charge >= 0.3 is 0 Å². The van der Waals surface area contributed by atoms with Gasteiger partial charge in [-0.3, -0.25) is 15.5 Å². The molecular formula is C27H38N4OS. The minimum absolute atomic E-state index is 0.293. The molecule has 0 aromatic heterocycles. The number of para-hydroxylation sites is 1. The zero-order valence-electron chi connectivity index (χ0n) is 20.2. The molecule has 6 heteroatoms. The van der Waals surface area contributed by atoms with E-state index >= 15 is 0 Å². The third-order valence-electron chi connectivity index (χ3n) is 7.17. The lowest BCUT2D eigenvalue weighted by atomic mass is 9.69. The minimum Gasteiger partial charge on any atom is -0.299 e. The van der Waals surface area contributed by atoms with Gasteiger partial charge in [0.15, 0.2) is 0 Å². The van der Waals surface area contributed by atoms with Crippen molar-refractivity contribution in [2.75, 3.05) is 24.8 Å². The van der Waals surface area contributed by atoms with Crippen LogP contribution in [0.2, 0.25) is 0 Å². The van der Waals surface area contributed by atoms with Crippen molar-refractivity contribution in [3.05, 3.63) is 65.7 Å². The van der Waals surface area contributed by atoms with E-state index in [4.69, 9.17) is 0 Å². The van der Waals surface area contributed by atoms with Crippen molar-refractivity contribution in [2.24, 2.45) is 11.8 Å². The highest BCUT2D eigenvalue weighted by Crippen LogP contribution is 2.38. The number of piperidine rings is 1. The Morgan fingerprint density at radius 1 is 1.15 bits per heavy atom. The summed E-state index contributed by atoms with van der Waals surface area (Å²) >= 11 is 1.23. The van der Waals surface area contributed by atoms with Crippen LogP contribution in [-0.4, -0.2) is 34.0 Å². The van der Waals surface area contributed by atoms with Crippen molar-refractivity contribution in [1.82, 2.24) is 9.48 Å². The molecule has 1 saturated heterocycles. The van der Waals surface area contributed by atoms with E-state index in [0.29, 0.717) is 5.92 Å². The minimum atomic E-state index is -0.393. The van der Waals surface area contributed by atoms with Crippen molar-refractivity contribution in [3.63, 3.8) is 0 Å². The average molecular weight is 467 g/mol. The Balaban J connectivity index is 1.50. The molecule has 0 bridgehead atoms. The lowest BCUT2D eigenvalue weighted by Crippen LogP contribution is -2.34. The number of nitrogens with zero attached hydrogens (tertiary/aromatic N) is 3. The van der Waals surface area contributed by atoms with Crippen molar-refractivity contribution < 1.29 is 5.21 Å². The second-order valence-corrected chi connectivity index (χ2v) is 10.2. The Kier molecular flexibility index (Phi) is 9.64. The number of likely N-dealkylation sites (tertiary alicyclic amines) is 1. The van der Waals surface area contributed by atoms with Gasteiger partial charge in [-0.2, -0.15) is 5.26 Å². The number of hydrogen-bond acceptors (Lipinski definition) is 6. The predicted octanol–water partition coefficient (Wildman–Crippen LogP) is 6.48. The predicted molar refractivity (Wildman–Crippen MR) is 138 cm³/mol. The molecule has 1 atom stereocenters. The normalized spacial score (nSPS) is 17.1. The first-order chi connectivity index (χ1) is 16.0. The molecule has 1 heterocycles. The van der Waals surface area contributed by atoms with E-state index in [2.05, 4.69) is 54.5 Å². The molecular weight excluding hydrogens is 428 g/mol. The molecule has 178 valence electrons. The highest BCUT2D eigenvalue weighted by molar-refractivity contribution is 7.96. The fraction of sp³-hybridized carbons (Fsp3) is 0.519. The van der Waals surface area contributed by atoms with Crippen LogP contribution in [0.15, 0.2) is 54.6 Å². The Morgan fingerprint density at radius 3 is 2.45 bits per heavy atom. The van der Waals surface area contributed by atoms with Gasteiger partial charge in [0.05, 0.1) is 17.2 Å². The van der Waals surface area contributed by atoms with Crippen LogP contribution in [0.1, 0.15) is 57.1 Å². The number of nitriles is 1. The summed E-state index contributed by atoms with van der Waals surface area (Å²) in [6.07, 6.45) is 7.46. The Bertz CT molecular complexity index is 892. The van der Waals surface area contributed by atoms with Gasteiger partial charge in [0.2, 0.25) is 0 Å². The van der Waals surface area contributed by atoms with E-state index in [1.165, 1.54) is 36.8 Å². The van der Waals surface area contributed by atoms with E-state index in [9.17, 15) is 10.5 Å². The number of benzene rings is 2. The Morgan fingerprint density at radius 2 is 1.82 bits per heavy atom. The Hall–Kier alpha value is -2.04. The molecule has 0 aliphatic carbocycles. The molecule has 3 rings (SSSR count). The van der Waals surface area contributed by atoms with Gasteiger partial charge in [-0.15, -0.1) is 0 Å². The van der Waals surface area contributed by atoms with Gasteiger partial charge in [-0.25, -0.2) is 0 Å². The summed E-state index contributed by atoms with van der Waals surface area (Å²) in [6.45, 7) is 7.43. The van der Waals surface area contributed by atoms with Gasteiger partial charge in [0.25, 0.3) is 0 Å². The maximum Gasteiger partial charge on any atom is 0.0845 e. The number of hydrazine groups is 1. The smallest absolute Gasteiger partial charge is 0.0845 e. The molecule has 0 saturated carbocycles. The number of rotatable bonds is 11. The van der Waals surface area contributed by atoms with E-state index in [1.54, 1.807) is 0 Å². The summed E-state index contributed by atoms with van der Waals surface area (Å²) in [6, 6.07) is 21.2. The quantitative estimate of drug-likeness (QED) is 0.292. The van der Waals surface area contributed by atoms with E-state index in [0.717, 1.165) is 54.2 Å². The summed E-state index contributed by atoms with van der Waals surface area (Å²) in [5, 5.41) is 19.9. The molecule has 1 aliphatic rings. The molecule has 0 amide bonds. The monoisotopic (exact) mass is 466 g/mol. The lowest BCUT2D eigenvalue weighted by molar-refractivity contribution is 0.0442. The molecule has 5 nitrogen and oxygen atoms in total. The number of hydrogen-bond donors (Lipinski definition) is 2. The molecule has 1 unspecified atom stereocenters. The highest BCUT2D eigenvalue weighted by Gasteiger charge is 2.35. The standard InChI is InChI=1S/C27H38N4OS/c1-22(2)27(21-28,25-12-5-4-6-13-25)17-9-10-23-15-18-30(19-16-23)20-24-11-7-8-14-26(24)29-31(32)33-3/h4-8,11-14,22-23,29,32H,9-10,15-20H2,1-3H3. The van der Waals surface area contributed by atoms with Gasteiger partial charge < -0.3 is 0 Å². The molecule has 1 aliphatic heterocycles. The van der Waals surface area contributed by atoms with Crippen LogP contribution < -0.4 is 5.43 Å². The summed E-state index contributed by atoms with van der Waals surface area (Å²) < 4.78 is 1.04. The van der Waals surface area contributed by atoms with E-state index in [-0.39, 0.29) is 0 Å². The van der Waals surface area contributed by atoms with Crippen LogP contribution in [-0.2, 0) is 12.0 Å². The fourth-order valence-electron chi connectivity index (χ4n) is 5.01. The molecule has 2 N–H and O–H groups in total. The SMILES string of the molecule is CSN(O)Nc1ccccc1CN1CCC(CCCC(C#N)(c2ccccc2)C(C)C)CC1. The molecule has 2 aromatic rings. The third-order valence-corrected chi connectivity index (χ3v) is 7.60. The summed E-state index contributed by atoms with van der Waals surface area (Å²) in [5.74, 6) is 1.03. The van der Waals surface area contributed by atoms with Crippen molar-refractivity contribution >= 4 is 17.6 Å². The molecule has 33 heavy (non-hydrogen) atoms. The van der Waals surface area contributed by atoms with Gasteiger partial charge in [-0.1, -0.05) is 75.2 Å². The first-order valence-corrected chi connectivity index (χ1v) is 13.2.